The average molecular weight is 839 g/mol. The van der Waals surface area contributed by atoms with E-state index in [2.05, 4.69) is 36.6 Å². The molecule has 316 valence electrons. The number of carbonyl (C=O) groups is 2. The standard InChI is InChI=1S/C44H50N6O9S/c1-8-29-23-30(25-31(24-29)42(51)46-17-18-57-21-22-58-20-19-55-5)26-39-45-16-15-40(49-39)59-38-14-13-35(33-11-9-10-12-34(33)38)47-43(52)48-36-27-32(44(2,3)4)28-37(41(36)56-6)50-60(7,53)54/h1,9-16,23-25,27-28,50H,17-22,26H2,2-7H3,(H,46,51)(H2,47,48,52). The molecule has 0 radical (unpaired) electrons. The van der Waals surface area contributed by atoms with Crippen LogP contribution in [0.5, 0.6) is 17.4 Å². The fourth-order valence-corrected chi connectivity index (χ4v) is 6.58. The highest BCUT2D eigenvalue weighted by Crippen LogP contribution is 2.40. The van der Waals surface area contributed by atoms with Crippen molar-refractivity contribution in [3.05, 3.63) is 107 Å². The summed E-state index contributed by atoms with van der Waals surface area (Å²) in [5.74, 6) is 3.68. The van der Waals surface area contributed by atoms with Crippen LogP contribution in [0, 0.1) is 12.3 Å². The molecule has 60 heavy (non-hydrogen) atoms. The predicted octanol–water partition coefficient (Wildman–Crippen LogP) is 6.73. The van der Waals surface area contributed by atoms with E-state index in [1.165, 1.54) is 7.11 Å². The fourth-order valence-electron chi connectivity index (χ4n) is 6.02. The first-order valence-electron chi connectivity index (χ1n) is 19.0. The zero-order valence-corrected chi connectivity index (χ0v) is 35.3. The van der Waals surface area contributed by atoms with Crippen LogP contribution in [-0.4, -0.2) is 90.4 Å². The molecule has 5 rings (SSSR count). The topological polar surface area (TPSA) is 188 Å². The van der Waals surface area contributed by atoms with Crippen LogP contribution in [0.3, 0.4) is 0 Å². The third kappa shape index (κ3) is 12.9. The Balaban J connectivity index is 1.28. The Bertz CT molecular complexity index is 2460. The molecule has 0 atom stereocenters. The second kappa shape index (κ2) is 20.6. The number of aromatic nitrogens is 2. The van der Waals surface area contributed by atoms with Crippen molar-refractivity contribution in [2.45, 2.75) is 32.6 Å². The first-order chi connectivity index (χ1) is 28.7. The molecule has 4 N–H and O–H groups in total. The fraction of sp³-hybridized carbons (Fsp3) is 0.318. The van der Waals surface area contributed by atoms with Crippen LogP contribution in [0.25, 0.3) is 10.8 Å². The first-order valence-corrected chi connectivity index (χ1v) is 20.9. The maximum absolute atomic E-state index is 13.5. The summed E-state index contributed by atoms with van der Waals surface area (Å²) in [6, 6.07) is 20.5. The van der Waals surface area contributed by atoms with Gasteiger partial charge in [0.25, 0.3) is 5.91 Å². The summed E-state index contributed by atoms with van der Waals surface area (Å²) in [6.07, 6.45) is 8.64. The molecule has 0 saturated heterocycles. The lowest BCUT2D eigenvalue weighted by molar-refractivity contribution is 0.0255. The molecule has 0 unspecified atom stereocenters. The van der Waals surface area contributed by atoms with Gasteiger partial charge in [-0.2, -0.15) is 4.98 Å². The van der Waals surface area contributed by atoms with Gasteiger partial charge in [0.05, 0.1) is 63.5 Å². The van der Waals surface area contributed by atoms with Crippen molar-refractivity contribution in [2.75, 3.05) is 75.4 Å². The van der Waals surface area contributed by atoms with Gasteiger partial charge in [-0.3, -0.25) is 9.52 Å². The number of rotatable bonds is 19. The van der Waals surface area contributed by atoms with Crippen molar-refractivity contribution in [1.29, 1.82) is 0 Å². The molecule has 4 aromatic carbocycles. The van der Waals surface area contributed by atoms with Gasteiger partial charge in [-0.1, -0.05) is 51.0 Å². The number of ether oxygens (including phenoxy) is 5. The van der Waals surface area contributed by atoms with Gasteiger partial charge < -0.3 is 39.6 Å². The molecule has 5 aromatic rings. The van der Waals surface area contributed by atoms with E-state index in [0.717, 1.165) is 17.4 Å². The van der Waals surface area contributed by atoms with E-state index in [4.69, 9.17) is 30.1 Å². The Labute approximate surface area is 350 Å². The second-order valence-corrected chi connectivity index (χ2v) is 16.3. The highest BCUT2D eigenvalue weighted by atomic mass is 32.2. The molecular formula is C44H50N6O9S. The molecule has 1 heterocycles. The van der Waals surface area contributed by atoms with E-state index < -0.39 is 16.1 Å². The number of amides is 3. The number of urea groups is 1. The van der Waals surface area contributed by atoms with Gasteiger partial charge >= 0.3 is 6.03 Å². The monoisotopic (exact) mass is 838 g/mol. The van der Waals surface area contributed by atoms with Crippen LogP contribution < -0.4 is 30.1 Å². The number of hydrogen-bond donors (Lipinski definition) is 4. The Hall–Kier alpha value is -6.25. The highest BCUT2D eigenvalue weighted by Gasteiger charge is 2.23. The lowest BCUT2D eigenvalue weighted by Crippen LogP contribution is -2.28. The minimum Gasteiger partial charge on any atom is -0.492 e. The minimum absolute atomic E-state index is 0.157. The van der Waals surface area contributed by atoms with Crippen LogP contribution >= 0.6 is 0 Å². The number of nitrogens with zero attached hydrogens (tertiary/aromatic N) is 2. The van der Waals surface area contributed by atoms with E-state index in [9.17, 15) is 18.0 Å². The molecule has 0 saturated carbocycles. The summed E-state index contributed by atoms with van der Waals surface area (Å²) in [6.45, 7) is 8.40. The predicted molar refractivity (Wildman–Crippen MR) is 232 cm³/mol. The number of carbonyl (C=O) groups excluding carboxylic acids is 2. The summed E-state index contributed by atoms with van der Waals surface area (Å²) in [4.78, 5) is 35.6. The Morgan fingerprint density at radius 2 is 1.53 bits per heavy atom. The Morgan fingerprint density at radius 3 is 2.23 bits per heavy atom. The lowest BCUT2D eigenvalue weighted by Gasteiger charge is -2.24. The Morgan fingerprint density at radius 1 is 0.833 bits per heavy atom. The number of sulfonamides is 1. The third-order valence-electron chi connectivity index (χ3n) is 8.85. The number of nitrogens with one attached hydrogen (secondary N) is 4. The van der Waals surface area contributed by atoms with Crippen LogP contribution in [0.15, 0.2) is 79.0 Å². The van der Waals surface area contributed by atoms with E-state index in [1.807, 2.05) is 45.0 Å². The zero-order valence-electron chi connectivity index (χ0n) is 34.5. The summed E-state index contributed by atoms with van der Waals surface area (Å²) >= 11 is 0. The van der Waals surface area contributed by atoms with Gasteiger partial charge in [-0.05, 0) is 59.0 Å². The smallest absolute Gasteiger partial charge is 0.323 e. The largest absolute Gasteiger partial charge is 0.492 e. The molecule has 0 spiro atoms. The van der Waals surface area contributed by atoms with Gasteiger partial charge in [-0.25, -0.2) is 18.2 Å². The lowest BCUT2D eigenvalue weighted by atomic mass is 9.86. The summed E-state index contributed by atoms with van der Waals surface area (Å²) in [5.41, 5.74) is 3.03. The molecular weight excluding hydrogens is 789 g/mol. The number of terminal acetylenes is 1. The van der Waals surface area contributed by atoms with Crippen molar-refractivity contribution in [1.82, 2.24) is 15.3 Å². The summed E-state index contributed by atoms with van der Waals surface area (Å²) in [7, 11) is -0.648. The summed E-state index contributed by atoms with van der Waals surface area (Å²) < 4.78 is 54.5. The zero-order chi connectivity index (χ0) is 43.3. The maximum Gasteiger partial charge on any atom is 0.323 e. The second-order valence-electron chi connectivity index (χ2n) is 14.6. The van der Waals surface area contributed by atoms with Crippen molar-refractivity contribution in [3.63, 3.8) is 0 Å². The van der Waals surface area contributed by atoms with Crippen molar-refractivity contribution < 1.29 is 41.7 Å². The van der Waals surface area contributed by atoms with Crippen LogP contribution in [0.1, 0.15) is 53.6 Å². The molecule has 0 aliphatic rings. The quantitative estimate of drug-likeness (QED) is 0.0510. The third-order valence-corrected chi connectivity index (χ3v) is 9.44. The molecule has 16 heteroatoms. The SMILES string of the molecule is C#Cc1cc(Cc2nccc(Oc3ccc(NC(=O)Nc4cc(C(C)(C)C)cc(NS(C)(=O)=O)c4OC)c4ccccc34)n2)cc(C(=O)NCCOCCOCCOC)c1. The van der Waals surface area contributed by atoms with E-state index in [1.54, 1.807) is 61.8 Å². The van der Waals surface area contributed by atoms with Crippen LogP contribution in [0.4, 0.5) is 21.9 Å². The van der Waals surface area contributed by atoms with Gasteiger partial charge in [-0.15, -0.1) is 6.42 Å². The number of benzene rings is 4. The van der Waals surface area contributed by atoms with Gasteiger partial charge in [0.1, 0.15) is 11.6 Å². The molecule has 15 nitrogen and oxygen atoms in total. The number of fused-ring (bicyclic) bond motifs is 1. The Kier molecular flexibility index (Phi) is 15.4. The highest BCUT2D eigenvalue weighted by molar-refractivity contribution is 7.92. The molecule has 3 amide bonds. The average Bonchev–Trinajstić information content (AvgIpc) is 3.20. The van der Waals surface area contributed by atoms with Crippen molar-refractivity contribution in [3.8, 4) is 29.7 Å². The molecule has 0 bridgehead atoms. The number of anilines is 3. The van der Waals surface area contributed by atoms with E-state index in [0.29, 0.717) is 78.7 Å². The van der Waals surface area contributed by atoms with Crippen molar-refractivity contribution in [2.24, 2.45) is 0 Å². The first kappa shape index (κ1) is 44.8. The number of hydrogen-bond acceptors (Lipinski definition) is 11. The van der Waals surface area contributed by atoms with Gasteiger partial charge in [0.2, 0.25) is 15.9 Å². The molecule has 0 fully saturated rings. The van der Waals surface area contributed by atoms with E-state index >= 15 is 0 Å². The van der Waals surface area contributed by atoms with Crippen molar-refractivity contribution >= 4 is 49.8 Å². The van der Waals surface area contributed by atoms with E-state index in [-0.39, 0.29) is 40.7 Å². The number of methoxy groups -OCH3 is 2. The van der Waals surface area contributed by atoms with Gasteiger partial charge in [0, 0.05) is 54.2 Å². The molecule has 0 aliphatic heterocycles. The summed E-state index contributed by atoms with van der Waals surface area (Å²) in [5, 5.41) is 9.97. The van der Waals surface area contributed by atoms with Gasteiger partial charge in [0.15, 0.2) is 5.75 Å². The molecule has 1 aromatic heterocycles. The van der Waals surface area contributed by atoms with Crippen LogP contribution in [0.2, 0.25) is 0 Å². The maximum atomic E-state index is 13.5. The normalized spacial score (nSPS) is 11.4. The minimum atomic E-state index is -3.65. The molecule has 0 aliphatic carbocycles. The van der Waals surface area contributed by atoms with Crippen LogP contribution in [-0.2, 0) is 36.1 Å².